The summed E-state index contributed by atoms with van der Waals surface area (Å²) in [5.74, 6) is -0.940. The van der Waals surface area contributed by atoms with Gasteiger partial charge in [-0.25, -0.2) is 4.79 Å². The maximum Gasteiger partial charge on any atom is 0.332 e. The van der Waals surface area contributed by atoms with Crippen LogP contribution >= 0.6 is 0 Å². The molecule has 1 N–H and O–H groups in total. The second kappa shape index (κ2) is 9.47. The molecular weight excluding hydrogens is 188 g/mol. The fourth-order valence-electron chi connectivity index (χ4n) is 0.334. The Morgan fingerprint density at radius 2 is 1.93 bits per heavy atom. The highest BCUT2D eigenvalue weighted by Crippen LogP contribution is 1.84. The average molecular weight is 202 g/mol. The zero-order chi connectivity index (χ0) is 11.6. The number of aliphatic hydroxyl groups excluding tert-OH is 1. The van der Waals surface area contributed by atoms with Crippen molar-refractivity contribution in [1.29, 1.82) is 0 Å². The third-order valence-electron chi connectivity index (χ3n) is 0.703. The smallest absolute Gasteiger partial charge is 0.332 e. The van der Waals surface area contributed by atoms with Crippen molar-refractivity contribution in [3.63, 3.8) is 0 Å². The lowest BCUT2D eigenvalue weighted by molar-refractivity contribution is -0.158. The van der Waals surface area contributed by atoms with E-state index in [4.69, 9.17) is 5.11 Å². The molecule has 80 valence electrons. The lowest BCUT2D eigenvalue weighted by Gasteiger charge is -2.01. The van der Waals surface area contributed by atoms with Gasteiger partial charge in [0.2, 0.25) is 0 Å². The molecule has 0 heterocycles. The van der Waals surface area contributed by atoms with Gasteiger partial charge in [0.25, 0.3) is 0 Å². The minimum atomic E-state index is -1.04. The predicted molar refractivity (Wildman–Crippen MR) is 49.9 cm³/mol. The van der Waals surface area contributed by atoms with Gasteiger partial charge in [-0.05, 0) is 6.92 Å². The van der Waals surface area contributed by atoms with Crippen molar-refractivity contribution >= 4 is 11.9 Å². The van der Waals surface area contributed by atoms with Gasteiger partial charge in [-0.2, -0.15) is 0 Å². The molecule has 1 atom stereocenters. The first-order valence-electron chi connectivity index (χ1n) is 3.73. The van der Waals surface area contributed by atoms with E-state index in [1.54, 1.807) is 0 Å². The van der Waals surface area contributed by atoms with Crippen LogP contribution in [0, 0.1) is 0 Å². The Morgan fingerprint density at radius 1 is 1.43 bits per heavy atom. The van der Waals surface area contributed by atoms with E-state index in [9.17, 15) is 9.59 Å². The highest BCUT2D eigenvalue weighted by Gasteiger charge is 1.97. The Kier molecular flexibility index (Phi) is 10.1. The molecule has 0 amide bonds. The summed E-state index contributed by atoms with van der Waals surface area (Å²) in [6.07, 6.45) is 1.05. The summed E-state index contributed by atoms with van der Waals surface area (Å²) < 4.78 is 8.36. The maximum atomic E-state index is 10.1. The molecule has 0 radical (unpaired) electrons. The Labute approximate surface area is 82.6 Å². The Balaban J connectivity index is 0. The van der Waals surface area contributed by atoms with Crippen LogP contribution in [0.1, 0.15) is 13.8 Å². The summed E-state index contributed by atoms with van der Waals surface area (Å²) in [5.41, 5.74) is 0. The lowest BCUT2D eigenvalue weighted by Crippen LogP contribution is -2.10. The second-order valence-corrected chi connectivity index (χ2v) is 2.02. The van der Waals surface area contributed by atoms with Crippen molar-refractivity contribution in [2.24, 2.45) is 0 Å². The SMILES string of the molecule is C=CC(=O)OC(C)O.C=COC(C)=O. The van der Waals surface area contributed by atoms with Gasteiger partial charge in [0, 0.05) is 13.0 Å². The van der Waals surface area contributed by atoms with Crippen LogP contribution in [-0.2, 0) is 19.1 Å². The molecule has 0 spiro atoms. The topological polar surface area (TPSA) is 72.8 Å². The first-order valence-corrected chi connectivity index (χ1v) is 3.73. The third-order valence-corrected chi connectivity index (χ3v) is 0.703. The molecule has 14 heavy (non-hydrogen) atoms. The molecule has 0 aliphatic carbocycles. The standard InChI is InChI=1S/C5H8O3.C4H6O2/c1-3-5(7)8-4(2)6;1-3-6-4(2)5/h3-4,6H,1H2,2H3;3H,1H2,2H3. The van der Waals surface area contributed by atoms with Gasteiger partial charge in [-0.15, -0.1) is 0 Å². The minimum absolute atomic E-state index is 0.329. The minimum Gasteiger partial charge on any atom is -0.435 e. The van der Waals surface area contributed by atoms with Gasteiger partial charge in [-0.1, -0.05) is 13.2 Å². The van der Waals surface area contributed by atoms with Crippen LogP contribution in [0.15, 0.2) is 25.5 Å². The number of hydrogen-bond donors (Lipinski definition) is 1. The van der Waals surface area contributed by atoms with Gasteiger partial charge in [-0.3, -0.25) is 4.79 Å². The lowest BCUT2D eigenvalue weighted by atomic mass is 10.6. The number of carbonyl (C=O) groups is 2. The summed E-state index contributed by atoms with van der Waals surface area (Å²) in [7, 11) is 0. The van der Waals surface area contributed by atoms with Gasteiger partial charge in [0.15, 0.2) is 6.29 Å². The Morgan fingerprint density at radius 3 is 2.00 bits per heavy atom. The van der Waals surface area contributed by atoms with Crippen LogP contribution in [0.3, 0.4) is 0 Å². The first-order chi connectivity index (χ1) is 6.43. The van der Waals surface area contributed by atoms with Crippen LogP contribution < -0.4 is 0 Å². The molecule has 1 unspecified atom stereocenters. The monoisotopic (exact) mass is 202 g/mol. The number of rotatable bonds is 3. The quantitative estimate of drug-likeness (QED) is 0.316. The average Bonchev–Trinajstić information content (AvgIpc) is 2.03. The van der Waals surface area contributed by atoms with Crippen LogP contribution in [-0.4, -0.2) is 23.3 Å². The molecule has 5 heteroatoms. The number of ether oxygens (including phenoxy) is 2. The maximum absolute atomic E-state index is 10.1. The molecule has 0 aromatic rings. The molecule has 0 saturated carbocycles. The third kappa shape index (κ3) is 16.8. The molecule has 0 fully saturated rings. The number of esters is 2. The molecular formula is C9H14O5. The van der Waals surface area contributed by atoms with Crippen molar-refractivity contribution in [2.45, 2.75) is 20.1 Å². The van der Waals surface area contributed by atoms with Crippen LogP contribution in [0.5, 0.6) is 0 Å². The van der Waals surface area contributed by atoms with Crippen molar-refractivity contribution in [3.8, 4) is 0 Å². The highest BCUT2D eigenvalue weighted by molar-refractivity contribution is 5.81. The zero-order valence-electron chi connectivity index (χ0n) is 8.23. The van der Waals surface area contributed by atoms with Gasteiger partial charge >= 0.3 is 11.9 Å². The number of carbonyl (C=O) groups excluding carboxylic acids is 2. The van der Waals surface area contributed by atoms with E-state index in [2.05, 4.69) is 22.6 Å². The van der Waals surface area contributed by atoms with Gasteiger partial charge in [0.1, 0.15) is 0 Å². The normalized spacial score (nSPS) is 9.93. The van der Waals surface area contributed by atoms with Gasteiger partial charge in [0.05, 0.1) is 6.26 Å². The summed E-state index contributed by atoms with van der Waals surface area (Å²) in [6.45, 7) is 8.96. The fraction of sp³-hybridized carbons (Fsp3) is 0.333. The van der Waals surface area contributed by atoms with Crippen molar-refractivity contribution in [1.82, 2.24) is 0 Å². The molecule has 5 nitrogen and oxygen atoms in total. The second-order valence-electron chi connectivity index (χ2n) is 2.02. The van der Waals surface area contributed by atoms with Crippen molar-refractivity contribution in [2.75, 3.05) is 0 Å². The van der Waals surface area contributed by atoms with Gasteiger partial charge < -0.3 is 14.6 Å². The summed E-state index contributed by atoms with van der Waals surface area (Å²) in [6, 6.07) is 0. The van der Waals surface area contributed by atoms with Crippen LogP contribution in [0.25, 0.3) is 0 Å². The van der Waals surface area contributed by atoms with E-state index >= 15 is 0 Å². The largest absolute Gasteiger partial charge is 0.435 e. The first kappa shape index (κ1) is 14.9. The van der Waals surface area contributed by atoms with Crippen LogP contribution in [0.4, 0.5) is 0 Å². The highest BCUT2D eigenvalue weighted by atomic mass is 16.6. The van der Waals surface area contributed by atoms with E-state index in [0.29, 0.717) is 0 Å². The van der Waals surface area contributed by atoms with E-state index in [-0.39, 0.29) is 5.97 Å². The molecule has 0 aliphatic rings. The van der Waals surface area contributed by atoms with Crippen molar-refractivity contribution < 1.29 is 24.2 Å². The molecule has 0 aromatic heterocycles. The van der Waals surface area contributed by atoms with E-state index < -0.39 is 12.3 Å². The fourth-order valence-corrected chi connectivity index (χ4v) is 0.334. The number of hydrogen-bond acceptors (Lipinski definition) is 5. The Bertz CT molecular complexity index is 207. The molecule has 0 bridgehead atoms. The molecule has 0 saturated heterocycles. The van der Waals surface area contributed by atoms with E-state index in [0.717, 1.165) is 12.3 Å². The zero-order valence-corrected chi connectivity index (χ0v) is 8.23. The summed E-state index contributed by atoms with van der Waals surface area (Å²) in [5, 5.41) is 8.36. The number of aliphatic hydroxyl groups is 1. The van der Waals surface area contributed by atoms with Crippen LogP contribution in [0.2, 0.25) is 0 Å². The van der Waals surface area contributed by atoms with Crippen molar-refractivity contribution in [3.05, 3.63) is 25.5 Å². The van der Waals surface area contributed by atoms with E-state index in [1.807, 2.05) is 0 Å². The Hall–Kier alpha value is -1.62. The molecule has 0 aromatic carbocycles. The van der Waals surface area contributed by atoms with E-state index in [1.165, 1.54) is 13.8 Å². The molecule has 0 aliphatic heterocycles. The summed E-state index contributed by atoms with van der Waals surface area (Å²) >= 11 is 0. The predicted octanol–water partition coefficient (Wildman–Crippen LogP) is 0.747. The molecule has 0 rings (SSSR count). The summed E-state index contributed by atoms with van der Waals surface area (Å²) in [4.78, 5) is 19.9.